The number of benzene rings is 2. The molecule has 1 aliphatic rings. The Bertz CT molecular complexity index is 1170. The van der Waals surface area contributed by atoms with Crippen molar-refractivity contribution in [2.75, 3.05) is 5.32 Å². The molecule has 0 amide bonds. The number of aromatic amines is 1. The fourth-order valence-corrected chi connectivity index (χ4v) is 3.96. The monoisotopic (exact) mass is 355 g/mol. The van der Waals surface area contributed by atoms with Crippen molar-refractivity contribution in [3.05, 3.63) is 65.7 Å². The second-order valence-corrected chi connectivity index (χ2v) is 6.99. The SMILES string of the molecule is C[C@H]1C[C@H](Nc2ccc3[nH]nc(-c4cnco4)c3c2)c2ccc(C#N)cc21. The van der Waals surface area contributed by atoms with E-state index in [4.69, 9.17) is 9.68 Å². The largest absolute Gasteiger partial charge is 0.442 e. The molecule has 1 aliphatic carbocycles. The van der Waals surface area contributed by atoms with Gasteiger partial charge in [-0.2, -0.15) is 10.4 Å². The highest BCUT2D eigenvalue weighted by atomic mass is 16.3. The van der Waals surface area contributed by atoms with Gasteiger partial charge in [-0.05, 0) is 53.8 Å². The Labute approximate surface area is 155 Å². The lowest BCUT2D eigenvalue weighted by molar-refractivity contribution is 0.570. The van der Waals surface area contributed by atoms with Crippen molar-refractivity contribution in [2.45, 2.75) is 25.3 Å². The van der Waals surface area contributed by atoms with Gasteiger partial charge in [-0.1, -0.05) is 13.0 Å². The number of nitriles is 1. The van der Waals surface area contributed by atoms with Crippen molar-refractivity contribution in [1.29, 1.82) is 5.26 Å². The first-order valence-electron chi connectivity index (χ1n) is 8.90. The Balaban J connectivity index is 1.50. The average Bonchev–Trinajstić information content (AvgIpc) is 3.41. The Hall–Kier alpha value is -3.59. The zero-order valence-electron chi connectivity index (χ0n) is 14.7. The standard InChI is InChI=1S/C21H17N5O/c1-12-6-19(15-4-2-13(9-22)7-16(12)15)24-14-3-5-18-17(8-14)21(26-25-18)20-10-23-11-27-20/h2-5,7-8,10-12,19,24H,6H2,1H3,(H,25,26)/t12-,19-/m0/s1. The number of hydrogen-bond donors (Lipinski definition) is 2. The van der Waals surface area contributed by atoms with Crippen LogP contribution in [0.3, 0.4) is 0 Å². The zero-order valence-corrected chi connectivity index (χ0v) is 14.7. The molecule has 2 N–H and O–H groups in total. The van der Waals surface area contributed by atoms with E-state index in [9.17, 15) is 0 Å². The molecular formula is C21H17N5O. The van der Waals surface area contributed by atoms with Crippen LogP contribution >= 0.6 is 0 Å². The number of oxazole rings is 1. The number of aromatic nitrogens is 3. The summed E-state index contributed by atoms with van der Waals surface area (Å²) in [6.45, 7) is 2.21. The summed E-state index contributed by atoms with van der Waals surface area (Å²) in [7, 11) is 0. The van der Waals surface area contributed by atoms with Crippen molar-refractivity contribution < 1.29 is 4.42 Å². The molecule has 0 spiro atoms. The molecule has 27 heavy (non-hydrogen) atoms. The molecule has 6 heteroatoms. The lowest BCUT2D eigenvalue weighted by atomic mass is 10.0. The van der Waals surface area contributed by atoms with Gasteiger partial charge < -0.3 is 9.73 Å². The number of H-pyrrole nitrogens is 1. The van der Waals surface area contributed by atoms with Gasteiger partial charge in [0.25, 0.3) is 0 Å². The first-order chi connectivity index (χ1) is 13.2. The molecule has 2 aromatic carbocycles. The maximum atomic E-state index is 9.15. The summed E-state index contributed by atoms with van der Waals surface area (Å²) < 4.78 is 5.40. The van der Waals surface area contributed by atoms with Gasteiger partial charge in [0, 0.05) is 11.1 Å². The minimum absolute atomic E-state index is 0.223. The molecule has 0 unspecified atom stereocenters. The number of fused-ring (bicyclic) bond motifs is 2. The maximum absolute atomic E-state index is 9.15. The smallest absolute Gasteiger partial charge is 0.181 e. The third-order valence-electron chi connectivity index (χ3n) is 5.28. The molecule has 132 valence electrons. The van der Waals surface area contributed by atoms with E-state index < -0.39 is 0 Å². The molecule has 0 saturated carbocycles. The number of hydrogen-bond acceptors (Lipinski definition) is 5. The normalized spacial score (nSPS) is 18.4. The van der Waals surface area contributed by atoms with E-state index in [1.807, 2.05) is 18.2 Å². The maximum Gasteiger partial charge on any atom is 0.181 e. The number of anilines is 1. The van der Waals surface area contributed by atoms with E-state index >= 15 is 0 Å². The van der Waals surface area contributed by atoms with Crippen molar-refractivity contribution >= 4 is 16.6 Å². The van der Waals surface area contributed by atoms with E-state index in [2.05, 4.69) is 51.7 Å². The fourth-order valence-electron chi connectivity index (χ4n) is 3.96. The van der Waals surface area contributed by atoms with Crippen LogP contribution in [0.15, 0.2) is 53.4 Å². The van der Waals surface area contributed by atoms with Gasteiger partial charge in [0.1, 0.15) is 5.69 Å². The molecule has 0 aliphatic heterocycles. The van der Waals surface area contributed by atoms with Gasteiger partial charge in [-0.25, -0.2) is 4.98 Å². The Morgan fingerprint density at radius 2 is 2.15 bits per heavy atom. The summed E-state index contributed by atoms with van der Waals surface area (Å²) in [5.41, 5.74) is 5.98. The molecule has 4 aromatic rings. The van der Waals surface area contributed by atoms with Crippen LogP contribution in [-0.4, -0.2) is 15.2 Å². The van der Waals surface area contributed by atoms with Crippen LogP contribution in [-0.2, 0) is 0 Å². The molecule has 5 rings (SSSR count). The summed E-state index contributed by atoms with van der Waals surface area (Å²) in [5.74, 6) is 1.07. The molecule has 2 atom stereocenters. The first kappa shape index (κ1) is 15.6. The van der Waals surface area contributed by atoms with E-state index in [-0.39, 0.29) is 6.04 Å². The lowest BCUT2D eigenvalue weighted by Crippen LogP contribution is -2.07. The Kier molecular flexibility index (Phi) is 3.47. The van der Waals surface area contributed by atoms with Gasteiger partial charge in [0.2, 0.25) is 0 Å². The van der Waals surface area contributed by atoms with Crippen LogP contribution in [0.2, 0.25) is 0 Å². The second kappa shape index (κ2) is 5.99. The van der Waals surface area contributed by atoms with Crippen LogP contribution < -0.4 is 5.32 Å². The summed E-state index contributed by atoms with van der Waals surface area (Å²) in [6.07, 6.45) is 4.07. The Morgan fingerprint density at radius 1 is 1.22 bits per heavy atom. The summed E-state index contributed by atoms with van der Waals surface area (Å²) >= 11 is 0. The number of rotatable bonds is 3. The molecular weight excluding hydrogens is 338 g/mol. The fraction of sp³-hybridized carbons (Fsp3) is 0.190. The zero-order chi connectivity index (χ0) is 18.4. The summed E-state index contributed by atoms with van der Waals surface area (Å²) in [6, 6.07) is 14.6. The summed E-state index contributed by atoms with van der Waals surface area (Å²) in [5, 5.41) is 21.2. The second-order valence-electron chi connectivity index (χ2n) is 6.99. The van der Waals surface area contributed by atoms with E-state index in [1.165, 1.54) is 17.5 Å². The van der Waals surface area contributed by atoms with Crippen molar-refractivity contribution in [3.63, 3.8) is 0 Å². The van der Waals surface area contributed by atoms with Gasteiger partial charge in [-0.3, -0.25) is 5.10 Å². The predicted octanol–water partition coefficient (Wildman–Crippen LogP) is 4.75. The molecule has 2 heterocycles. The quantitative estimate of drug-likeness (QED) is 0.553. The molecule has 2 aromatic heterocycles. The molecule has 0 bridgehead atoms. The topological polar surface area (TPSA) is 90.5 Å². The highest BCUT2D eigenvalue weighted by molar-refractivity contribution is 5.93. The molecule has 0 fully saturated rings. The van der Waals surface area contributed by atoms with Crippen LogP contribution in [0.4, 0.5) is 5.69 Å². The van der Waals surface area contributed by atoms with Gasteiger partial charge >= 0.3 is 0 Å². The molecule has 0 radical (unpaired) electrons. The Morgan fingerprint density at radius 3 is 2.96 bits per heavy atom. The van der Waals surface area contributed by atoms with Gasteiger partial charge in [-0.15, -0.1) is 0 Å². The van der Waals surface area contributed by atoms with Crippen molar-refractivity contribution in [3.8, 4) is 17.5 Å². The van der Waals surface area contributed by atoms with Crippen LogP contribution in [0.25, 0.3) is 22.4 Å². The summed E-state index contributed by atoms with van der Waals surface area (Å²) in [4.78, 5) is 3.98. The minimum Gasteiger partial charge on any atom is -0.442 e. The van der Waals surface area contributed by atoms with Crippen molar-refractivity contribution in [2.24, 2.45) is 0 Å². The van der Waals surface area contributed by atoms with Gasteiger partial charge in [0.15, 0.2) is 12.2 Å². The highest BCUT2D eigenvalue weighted by Gasteiger charge is 2.28. The number of nitrogens with one attached hydrogen (secondary N) is 2. The average molecular weight is 355 g/mol. The lowest BCUT2D eigenvalue weighted by Gasteiger charge is -2.16. The third-order valence-corrected chi connectivity index (χ3v) is 5.28. The first-order valence-corrected chi connectivity index (χ1v) is 8.90. The molecule has 0 saturated heterocycles. The number of nitrogens with zero attached hydrogens (tertiary/aromatic N) is 3. The minimum atomic E-state index is 0.223. The third kappa shape index (κ3) is 2.56. The van der Waals surface area contributed by atoms with E-state index in [1.54, 1.807) is 6.20 Å². The van der Waals surface area contributed by atoms with E-state index in [0.717, 1.165) is 34.3 Å². The molecule has 6 nitrogen and oxygen atoms in total. The van der Waals surface area contributed by atoms with Crippen LogP contribution in [0.1, 0.15) is 42.0 Å². The van der Waals surface area contributed by atoms with Gasteiger partial charge in [0.05, 0.1) is 29.4 Å². The van der Waals surface area contributed by atoms with Crippen molar-refractivity contribution in [1.82, 2.24) is 15.2 Å². The van der Waals surface area contributed by atoms with E-state index in [0.29, 0.717) is 11.7 Å². The van der Waals surface area contributed by atoms with Crippen LogP contribution in [0, 0.1) is 11.3 Å². The van der Waals surface area contributed by atoms with Crippen LogP contribution in [0.5, 0.6) is 0 Å². The highest BCUT2D eigenvalue weighted by Crippen LogP contribution is 2.42. The predicted molar refractivity (Wildman–Crippen MR) is 102 cm³/mol.